The second kappa shape index (κ2) is 4.55. The van der Waals surface area contributed by atoms with Crippen molar-refractivity contribution in [2.75, 3.05) is 19.8 Å². The molecule has 2 heterocycles. The van der Waals surface area contributed by atoms with Gasteiger partial charge in [0.2, 0.25) is 0 Å². The van der Waals surface area contributed by atoms with E-state index in [0.717, 1.165) is 11.1 Å². The van der Waals surface area contributed by atoms with Gasteiger partial charge in [0.25, 0.3) is 5.91 Å². The Morgan fingerprint density at radius 3 is 2.82 bits per heavy atom. The lowest BCUT2D eigenvalue weighted by atomic mass is 10.1. The number of amides is 1. The molecule has 4 nitrogen and oxygen atoms in total. The third kappa shape index (κ3) is 2.14. The van der Waals surface area contributed by atoms with Crippen LogP contribution in [0.3, 0.4) is 0 Å². The van der Waals surface area contributed by atoms with E-state index in [2.05, 4.69) is 4.98 Å². The summed E-state index contributed by atoms with van der Waals surface area (Å²) in [4.78, 5) is 17.6. The Labute approximate surface area is 104 Å². The molecule has 2 aromatic heterocycles. The molecule has 17 heavy (non-hydrogen) atoms. The van der Waals surface area contributed by atoms with E-state index in [4.69, 9.17) is 5.73 Å². The molecule has 5 heteroatoms. The van der Waals surface area contributed by atoms with Crippen LogP contribution in [0.4, 0.5) is 5.00 Å². The molecule has 0 atom stereocenters. The summed E-state index contributed by atoms with van der Waals surface area (Å²) in [6.07, 6.45) is 3.43. The van der Waals surface area contributed by atoms with Crippen LogP contribution in [-0.2, 0) is 0 Å². The van der Waals surface area contributed by atoms with Crippen LogP contribution in [0.5, 0.6) is 0 Å². The number of rotatable bonds is 2. The molecule has 0 aliphatic heterocycles. The lowest BCUT2D eigenvalue weighted by Crippen LogP contribution is -2.22. The molecule has 2 N–H and O–H groups in total. The Kier molecular flexibility index (Phi) is 3.10. The predicted molar refractivity (Wildman–Crippen MR) is 70.0 cm³/mol. The smallest absolute Gasteiger partial charge is 0.256 e. The van der Waals surface area contributed by atoms with Crippen LogP contribution in [-0.4, -0.2) is 29.9 Å². The summed E-state index contributed by atoms with van der Waals surface area (Å²) in [6.45, 7) is 0. The van der Waals surface area contributed by atoms with Crippen molar-refractivity contribution >= 4 is 22.2 Å². The van der Waals surface area contributed by atoms with Crippen molar-refractivity contribution in [2.45, 2.75) is 0 Å². The van der Waals surface area contributed by atoms with Crippen LogP contribution in [0.15, 0.2) is 29.9 Å². The molecular formula is C12H13N3OS. The number of hydrogen-bond acceptors (Lipinski definition) is 4. The van der Waals surface area contributed by atoms with Gasteiger partial charge in [0.15, 0.2) is 0 Å². The van der Waals surface area contributed by atoms with Gasteiger partial charge in [0.1, 0.15) is 0 Å². The molecule has 2 aromatic rings. The van der Waals surface area contributed by atoms with Crippen LogP contribution in [0.2, 0.25) is 0 Å². The third-order valence-corrected chi connectivity index (χ3v) is 3.22. The highest BCUT2D eigenvalue weighted by Gasteiger charge is 2.19. The first-order valence-electron chi connectivity index (χ1n) is 5.10. The summed E-state index contributed by atoms with van der Waals surface area (Å²) in [7, 11) is 3.43. The number of nitrogen functional groups attached to an aromatic ring is 1. The van der Waals surface area contributed by atoms with Gasteiger partial charge in [-0.2, -0.15) is 0 Å². The number of thiophene rings is 1. The number of aromatic nitrogens is 1. The summed E-state index contributed by atoms with van der Waals surface area (Å²) >= 11 is 1.37. The summed E-state index contributed by atoms with van der Waals surface area (Å²) in [5.74, 6) is -0.0809. The molecular weight excluding hydrogens is 234 g/mol. The maximum Gasteiger partial charge on any atom is 0.256 e. The van der Waals surface area contributed by atoms with E-state index in [-0.39, 0.29) is 5.91 Å². The van der Waals surface area contributed by atoms with Gasteiger partial charge in [-0.05, 0) is 6.07 Å². The number of hydrogen-bond donors (Lipinski definition) is 1. The largest absolute Gasteiger partial charge is 0.390 e. The van der Waals surface area contributed by atoms with Crippen LogP contribution < -0.4 is 5.73 Å². The molecule has 0 unspecified atom stereocenters. The average Bonchev–Trinajstić information content (AvgIpc) is 2.71. The minimum atomic E-state index is -0.0809. The lowest BCUT2D eigenvalue weighted by molar-refractivity contribution is 0.0830. The van der Waals surface area contributed by atoms with E-state index in [1.807, 2.05) is 17.5 Å². The molecule has 88 valence electrons. The molecule has 0 saturated carbocycles. The van der Waals surface area contributed by atoms with Crippen molar-refractivity contribution in [1.82, 2.24) is 9.88 Å². The quantitative estimate of drug-likeness (QED) is 0.884. The normalized spacial score (nSPS) is 10.2. The van der Waals surface area contributed by atoms with Gasteiger partial charge in [0.05, 0.1) is 10.6 Å². The number of carbonyl (C=O) groups is 1. The maximum atomic E-state index is 12.1. The van der Waals surface area contributed by atoms with E-state index in [0.29, 0.717) is 10.6 Å². The molecule has 2 rings (SSSR count). The first-order valence-corrected chi connectivity index (χ1v) is 5.98. The monoisotopic (exact) mass is 247 g/mol. The topological polar surface area (TPSA) is 59.2 Å². The fourth-order valence-corrected chi connectivity index (χ4v) is 2.37. The summed E-state index contributed by atoms with van der Waals surface area (Å²) in [6, 6.07) is 3.76. The predicted octanol–water partition coefficient (Wildman–Crippen LogP) is 2.09. The zero-order valence-electron chi connectivity index (χ0n) is 9.68. The van der Waals surface area contributed by atoms with Gasteiger partial charge in [-0.15, -0.1) is 11.3 Å². The molecule has 0 bridgehead atoms. The Balaban J connectivity index is 2.54. The minimum absolute atomic E-state index is 0.0809. The van der Waals surface area contributed by atoms with E-state index in [9.17, 15) is 4.79 Å². The van der Waals surface area contributed by atoms with E-state index in [1.165, 1.54) is 16.2 Å². The third-order valence-electron chi connectivity index (χ3n) is 2.41. The minimum Gasteiger partial charge on any atom is -0.390 e. The summed E-state index contributed by atoms with van der Waals surface area (Å²) in [5.41, 5.74) is 8.19. The van der Waals surface area contributed by atoms with Gasteiger partial charge in [-0.3, -0.25) is 9.78 Å². The SMILES string of the molecule is CN(C)C(=O)c1c(-c2cccnc2)csc1N. The van der Waals surface area contributed by atoms with Crippen molar-refractivity contribution in [3.05, 3.63) is 35.5 Å². The molecule has 0 spiro atoms. The van der Waals surface area contributed by atoms with Crippen LogP contribution >= 0.6 is 11.3 Å². The van der Waals surface area contributed by atoms with Gasteiger partial charge >= 0.3 is 0 Å². The Hall–Kier alpha value is -1.88. The summed E-state index contributed by atoms with van der Waals surface area (Å²) < 4.78 is 0. The molecule has 0 fully saturated rings. The van der Waals surface area contributed by atoms with Crippen molar-refractivity contribution in [3.8, 4) is 11.1 Å². The van der Waals surface area contributed by atoms with Gasteiger partial charge in [-0.1, -0.05) is 6.07 Å². The number of nitrogens with zero attached hydrogens (tertiary/aromatic N) is 2. The first-order chi connectivity index (χ1) is 8.11. The van der Waals surface area contributed by atoms with Gasteiger partial charge < -0.3 is 10.6 Å². The molecule has 0 aliphatic carbocycles. The lowest BCUT2D eigenvalue weighted by Gasteiger charge is -2.11. The highest BCUT2D eigenvalue weighted by atomic mass is 32.1. The van der Waals surface area contributed by atoms with E-state index >= 15 is 0 Å². The Morgan fingerprint density at radius 1 is 1.47 bits per heavy atom. The fourth-order valence-electron chi connectivity index (χ4n) is 1.55. The number of carbonyl (C=O) groups excluding carboxylic acids is 1. The van der Waals surface area contributed by atoms with Crippen LogP contribution in [0.25, 0.3) is 11.1 Å². The maximum absolute atomic E-state index is 12.1. The van der Waals surface area contributed by atoms with Crippen molar-refractivity contribution in [3.63, 3.8) is 0 Å². The standard InChI is InChI=1S/C12H13N3OS/c1-15(2)12(16)10-9(7-17-11(10)13)8-4-3-5-14-6-8/h3-7H,13H2,1-2H3. The average molecular weight is 247 g/mol. The van der Waals surface area contributed by atoms with Gasteiger partial charge in [0, 0.05) is 43.0 Å². The molecule has 1 amide bonds. The second-order valence-electron chi connectivity index (χ2n) is 3.83. The highest BCUT2D eigenvalue weighted by molar-refractivity contribution is 7.15. The molecule has 0 radical (unpaired) electrons. The van der Waals surface area contributed by atoms with Gasteiger partial charge in [-0.25, -0.2) is 0 Å². The van der Waals surface area contributed by atoms with Crippen molar-refractivity contribution in [2.24, 2.45) is 0 Å². The zero-order valence-corrected chi connectivity index (χ0v) is 10.5. The van der Waals surface area contributed by atoms with E-state index in [1.54, 1.807) is 26.5 Å². The molecule has 0 aliphatic rings. The summed E-state index contributed by atoms with van der Waals surface area (Å²) in [5, 5.41) is 2.44. The molecule has 0 aromatic carbocycles. The number of nitrogens with two attached hydrogens (primary N) is 1. The van der Waals surface area contributed by atoms with Crippen molar-refractivity contribution in [1.29, 1.82) is 0 Å². The number of anilines is 1. The zero-order chi connectivity index (χ0) is 12.4. The second-order valence-corrected chi connectivity index (χ2v) is 4.74. The van der Waals surface area contributed by atoms with Crippen LogP contribution in [0.1, 0.15) is 10.4 Å². The Bertz CT molecular complexity index is 534. The van der Waals surface area contributed by atoms with Crippen molar-refractivity contribution < 1.29 is 4.79 Å². The van der Waals surface area contributed by atoms with E-state index < -0.39 is 0 Å². The number of pyridine rings is 1. The Morgan fingerprint density at radius 2 is 2.24 bits per heavy atom. The fraction of sp³-hybridized carbons (Fsp3) is 0.167. The first kappa shape index (κ1) is 11.6. The highest BCUT2D eigenvalue weighted by Crippen LogP contribution is 2.33. The molecule has 0 saturated heterocycles. The van der Waals surface area contributed by atoms with Crippen LogP contribution in [0, 0.1) is 0 Å².